The van der Waals surface area contributed by atoms with Gasteiger partial charge in [-0.15, -0.1) is 24.0 Å². The normalized spacial score (nSPS) is 15.3. The monoisotopic (exact) mass is 461 g/mol. The molecule has 0 aromatic carbocycles. The topological polar surface area (TPSA) is 78.8 Å². The van der Waals surface area contributed by atoms with Crippen molar-refractivity contribution in [2.24, 2.45) is 4.99 Å². The second kappa shape index (κ2) is 11.9. The van der Waals surface area contributed by atoms with E-state index in [1.54, 1.807) is 18.1 Å². The number of aromatic nitrogens is 1. The molecule has 1 aromatic heterocycles. The third kappa shape index (κ3) is 7.45. The second-order valence-corrected chi connectivity index (χ2v) is 5.67. The predicted octanol–water partition coefficient (Wildman–Crippen LogP) is 2.03. The van der Waals surface area contributed by atoms with Crippen LogP contribution in [0.5, 0.6) is 0 Å². The zero-order valence-corrected chi connectivity index (χ0v) is 17.2. The lowest BCUT2D eigenvalue weighted by Gasteiger charge is -2.32. The van der Waals surface area contributed by atoms with Gasteiger partial charge in [-0.25, -0.2) is 4.79 Å². The molecule has 2 heterocycles. The maximum atomic E-state index is 11.7. The van der Waals surface area contributed by atoms with Crippen molar-refractivity contribution in [3.63, 3.8) is 0 Å². The summed E-state index contributed by atoms with van der Waals surface area (Å²) in [6.07, 6.45) is 4.22. The first-order valence-electron chi connectivity index (χ1n) is 8.51. The molecule has 0 saturated carbocycles. The Labute approximate surface area is 166 Å². The van der Waals surface area contributed by atoms with Crippen molar-refractivity contribution in [2.75, 3.05) is 33.3 Å². The van der Waals surface area contributed by atoms with Crippen LogP contribution in [-0.4, -0.2) is 61.3 Å². The average molecular weight is 461 g/mol. The summed E-state index contributed by atoms with van der Waals surface area (Å²) in [6.45, 7) is 4.44. The highest BCUT2D eigenvalue weighted by atomic mass is 127. The van der Waals surface area contributed by atoms with Crippen LogP contribution in [0.15, 0.2) is 29.4 Å². The zero-order valence-electron chi connectivity index (χ0n) is 14.9. The molecule has 1 saturated heterocycles. The molecule has 8 heteroatoms. The SMILES string of the molecule is CCOC(=O)N1CCC(NC(=NC)NCCc2ccccn2)CC1.I. The highest BCUT2D eigenvalue weighted by Gasteiger charge is 2.23. The molecule has 0 radical (unpaired) electrons. The number of halogens is 1. The van der Waals surface area contributed by atoms with Gasteiger partial charge in [0.05, 0.1) is 6.61 Å². The number of hydrogen-bond acceptors (Lipinski definition) is 4. The lowest BCUT2D eigenvalue weighted by atomic mass is 10.1. The first kappa shape index (κ1) is 21.5. The smallest absolute Gasteiger partial charge is 0.409 e. The molecule has 2 N–H and O–H groups in total. The number of likely N-dealkylation sites (tertiary alicyclic amines) is 1. The van der Waals surface area contributed by atoms with E-state index in [1.165, 1.54) is 0 Å². The number of guanidine groups is 1. The van der Waals surface area contributed by atoms with Crippen molar-refractivity contribution in [1.29, 1.82) is 0 Å². The summed E-state index contributed by atoms with van der Waals surface area (Å²) in [5.41, 5.74) is 1.06. The molecule has 0 aliphatic carbocycles. The van der Waals surface area contributed by atoms with Crippen LogP contribution in [-0.2, 0) is 11.2 Å². The lowest BCUT2D eigenvalue weighted by Crippen LogP contribution is -2.50. The van der Waals surface area contributed by atoms with Gasteiger partial charge in [0.1, 0.15) is 0 Å². The number of ether oxygens (including phenoxy) is 1. The standard InChI is InChI=1S/C17H27N5O2.HI/c1-3-24-17(23)22-12-8-15(9-13-22)21-16(18-2)20-11-7-14-6-4-5-10-19-14;/h4-6,10,15H,3,7-9,11-13H2,1-2H3,(H2,18,20,21);1H. The summed E-state index contributed by atoms with van der Waals surface area (Å²) >= 11 is 0. The minimum Gasteiger partial charge on any atom is -0.450 e. The van der Waals surface area contributed by atoms with Gasteiger partial charge in [-0.2, -0.15) is 0 Å². The van der Waals surface area contributed by atoms with Gasteiger partial charge in [0.2, 0.25) is 0 Å². The Hall–Kier alpha value is -1.58. The summed E-state index contributed by atoms with van der Waals surface area (Å²) in [4.78, 5) is 22.0. The number of nitrogens with zero attached hydrogens (tertiary/aromatic N) is 3. The summed E-state index contributed by atoms with van der Waals surface area (Å²) in [5, 5.41) is 6.74. The third-order valence-corrected chi connectivity index (χ3v) is 3.99. The molecule has 0 unspecified atom stereocenters. The number of hydrogen-bond donors (Lipinski definition) is 2. The van der Waals surface area contributed by atoms with Crippen molar-refractivity contribution in [3.8, 4) is 0 Å². The van der Waals surface area contributed by atoms with Crippen molar-refractivity contribution in [1.82, 2.24) is 20.5 Å². The van der Waals surface area contributed by atoms with E-state index >= 15 is 0 Å². The molecule has 0 bridgehead atoms. The Bertz CT molecular complexity index is 533. The number of rotatable bonds is 5. The Morgan fingerprint density at radius 1 is 1.40 bits per heavy atom. The average Bonchev–Trinajstić information content (AvgIpc) is 2.62. The molecule has 7 nitrogen and oxygen atoms in total. The van der Waals surface area contributed by atoms with Gasteiger partial charge in [-0.3, -0.25) is 9.98 Å². The summed E-state index contributed by atoms with van der Waals surface area (Å²) in [5.74, 6) is 0.792. The van der Waals surface area contributed by atoms with E-state index in [9.17, 15) is 4.79 Å². The fraction of sp³-hybridized carbons (Fsp3) is 0.588. The van der Waals surface area contributed by atoms with E-state index in [0.29, 0.717) is 25.7 Å². The van der Waals surface area contributed by atoms with Crippen molar-refractivity contribution >= 4 is 36.0 Å². The van der Waals surface area contributed by atoms with E-state index in [-0.39, 0.29) is 30.1 Å². The first-order valence-corrected chi connectivity index (χ1v) is 8.51. The number of carbonyl (C=O) groups excluding carboxylic acids is 1. The molecular weight excluding hydrogens is 433 g/mol. The molecule has 140 valence electrons. The van der Waals surface area contributed by atoms with Crippen LogP contribution in [0.3, 0.4) is 0 Å². The molecule has 25 heavy (non-hydrogen) atoms. The molecule has 1 aliphatic heterocycles. The molecular formula is C17H28IN5O2. The Morgan fingerprint density at radius 3 is 2.76 bits per heavy atom. The first-order chi connectivity index (χ1) is 11.7. The third-order valence-electron chi connectivity index (χ3n) is 3.99. The van der Waals surface area contributed by atoms with Crippen molar-refractivity contribution < 1.29 is 9.53 Å². The van der Waals surface area contributed by atoms with Gasteiger partial charge in [0, 0.05) is 51.0 Å². The highest BCUT2D eigenvalue weighted by Crippen LogP contribution is 2.11. The van der Waals surface area contributed by atoms with Crippen LogP contribution in [0, 0.1) is 0 Å². The van der Waals surface area contributed by atoms with Gasteiger partial charge < -0.3 is 20.3 Å². The van der Waals surface area contributed by atoms with Crippen LogP contribution in [0.2, 0.25) is 0 Å². The van der Waals surface area contributed by atoms with Crippen LogP contribution in [0.1, 0.15) is 25.5 Å². The van der Waals surface area contributed by atoms with E-state index in [0.717, 1.165) is 37.5 Å². The molecule has 1 aromatic rings. The minimum atomic E-state index is -0.214. The number of pyridine rings is 1. The number of nitrogens with one attached hydrogen (secondary N) is 2. The molecule has 0 spiro atoms. The van der Waals surface area contributed by atoms with E-state index in [2.05, 4.69) is 20.6 Å². The predicted molar refractivity (Wildman–Crippen MR) is 109 cm³/mol. The highest BCUT2D eigenvalue weighted by molar-refractivity contribution is 14.0. The molecule has 1 aliphatic rings. The summed E-state index contributed by atoms with van der Waals surface area (Å²) < 4.78 is 5.04. The summed E-state index contributed by atoms with van der Waals surface area (Å²) in [6, 6.07) is 6.24. The van der Waals surface area contributed by atoms with Crippen LogP contribution < -0.4 is 10.6 Å². The number of carbonyl (C=O) groups is 1. The zero-order chi connectivity index (χ0) is 17.2. The largest absolute Gasteiger partial charge is 0.450 e. The Morgan fingerprint density at radius 2 is 2.16 bits per heavy atom. The fourth-order valence-electron chi connectivity index (χ4n) is 2.66. The van der Waals surface area contributed by atoms with Gasteiger partial charge in [0.25, 0.3) is 0 Å². The lowest BCUT2D eigenvalue weighted by molar-refractivity contribution is 0.0963. The van der Waals surface area contributed by atoms with Crippen LogP contribution in [0.25, 0.3) is 0 Å². The second-order valence-electron chi connectivity index (χ2n) is 5.67. The number of piperidine rings is 1. The molecule has 2 rings (SSSR count). The van der Waals surface area contributed by atoms with Crippen LogP contribution >= 0.6 is 24.0 Å². The number of aliphatic imine (C=N–C) groups is 1. The maximum Gasteiger partial charge on any atom is 0.409 e. The molecule has 1 fully saturated rings. The van der Waals surface area contributed by atoms with Gasteiger partial charge in [0.15, 0.2) is 5.96 Å². The summed E-state index contributed by atoms with van der Waals surface area (Å²) in [7, 11) is 1.77. The van der Waals surface area contributed by atoms with Gasteiger partial charge in [-0.1, -0.05) is 6.07 Å². The molecule has 0 atom stereocenters. The Balaban J connectivity index is 0.00000312. The van der Waals surface area contributed by atoms with Gasteiger partial charge >= 0.3 is 6.09 Å². The quantitative estimate of drug-likeness (QED) is 0.399. The minimum absolute atomic E-state index is 0. The fourth-order valence-corrected chi connectivity index (χ4v) is 2.66. The van der Waals surface area contributed by atoms with Crippen LogP contribution in [0.4, 0.5) is 4.79 Å². The van der Waals surface area contributed by atoms with E-state index in [4.69, 9.17) is 4.74 Å². The van der Waals surface area contributed by atoms with E-state index < -0.39 is 0 Å². The number of amides is 1. The van der Waals surface area contributed by atoms with E-state index in [1.807, 2.05) is 25.1 Å². The maximum absolute atomic E-state index is 11.7. The van der Waals surface area contributed by atoms with Crippen molar-refractivity contribution in [2.45, 2.75) is 32.2 Å². The molecule has 1 amide bonds. The Kier molecular flexibility index (Phi) is 10.2. The van der Waals surface area contributed by atoms with Crippen molar-refractivity contribution in [3.05, 3.63) is 30.1 Å². The van der Waals surface area contributed by atoms with Gasteiger partial charge in [-0.05, 0) is 31.9 Å².